The molecule has 1 heterocycles. The van der Waals surface area contributed by atoms with Crippen molar-refractivity contribution in [1.82, 2.24) is 14.5 Å². The molecule has 0 unspecified atom stereocenters. The lowest BCUT2D eigenvalue weighted by Gasteiger charge is -2.11. The van der Waals surface area contributed by atoms with Gasteiger partial charge in [-0.2, -0.15) is 5.10 Å². The summed E-state index contributed by atoms with van der Waals surface area (Å²) in [6.45, 7) is 0. The summed E-state index contributed by atoms with van der Waals surface area (Å²) in [6, 6.07) is 7.00. The van der Waals surface area contributed by atoms with E-state index in [4.69, 9.17) is 0 Å². The summed E-state index contributed by atoms with van der Waals surface area (Å²) in [7, 11) is -3.67. The van der Waals surface area contributed by atoms with Gasteiger partial charge in [-0.05, 0) is 43.2 Å². The van der Waals surface area contributed by atoms with Crippen LogP contribution in [-0.4, -0.2) is 29.4 Å². The van der Waals surface area contributed by atoms with Crippen LogP contribution in [0, 0.1) is 5.82 Å². The van der Waals surface area contributed by atoms with Gasteiger partial charge in [0.25, 0.3) is 5.91 Å². The van der Waals surface area contributed by atoms with E-state index in [0.717, 1.165) is 12.8 Å². The van der Waals surface area contributed by atoms with Crippen LogP contribution in [-0.2, 0) is 10.0 Å². The molecule has 1 aliphatic rings. The molecule has 3 rings (SSSR count). The number of hydrogen-bond acceptors (Lipinski definition) is 4. The number of hydrogen-bond donors (Lipinski definition) is 1. The summed E-state index contributed by atoms with van der Waals surface area (Å²) in [4.78, 5) is 12.1. The zero-order chi connectivity index (χ0) is 16.4. The van der Waals surface area contributed by atoms with E-state index in [2.05, 4.69) is 9.82 Å². The number of sulfonamides is 1. The van der Waals surface area contributed by atoms with Crippen molar-refractivity contribution in [2.24, 2.45) is 0 Å². The fourth-order valence-electron chi connectivity index (χ4n) is 2.65. The first-order valence-electron chi connectivity index (χ1n) is 7.33. The number of amides is 1. The van der Waals surface area contributed by atoms with E-state index in [-0.39, 0.29) is 11.5 Å². The van der Waals surface area contributed by atoms with E-state index in [1.165, 1.54) is 41.2 Å². The van der Waals surface area contributed by atoms with Gasteiger partial charge in [0.1, 0.15) is 5.82 Å². The Morgan fingerprint density at radius 3 is 2.48 bits per heavy atom. The molecule has 1 amide bonds. The second-order valence-electron chi connectivity index (χ2n) is 5.50. The fraction of sp³-hybridized carbons (Fsp3) is 0.333. The van der Waals surface area contributed by atoms with Crippen molar-refractivity contribution in [2.75, 3.05) is 0 Å². The minimum Gasteiger partial charge on any atom is -0.266 e. The van der Waals surface area contributed by atoms with Gasteiger partial charge in [-0.25, -0.2) is 22.2 Å². The molecule has 1 aromatic heterocycles. The molecule has 1 N–H and O–H groups in total. The zero-order valence-electron chi connectivity index (χ0n) is 12.3. The van der Waals surface area contributed by atoms with Gasteiger partial charge < -0.3 is 0 Å². The van der Waals surface area contributed by atoms with E-state index in [0.29, 0.717) is 18.5 Å². The summed E-state index contributed by atoms with van der Waals surface area (Å²) in [5.74, 6) is -1.13. The second-order valence-corrected chi connectivity index (χ2v) is 7.47. The number of rotatable bonds is 4. The van der Waals surface area contributed by atoms with Crippen LogP contribution in [0.15, 0.2) is 36.5 Å². The summed E-state index contributed by atoms with van der Waals surface area (Å²) < 4.78 is 40.6. The van der Waals surface area contributed by atoms with Crippen LogP contribution in [0.4, 0.5) is 4.39 Å². The molecule has 2 aromatic rings. The van der Waals surface area contributed by atoms with Crippen molar-refractivity contribution in [3.05, 3.63) is 48.0 Å². The van der Waals surface area contributed by atoms with Crippen LogP contribution in [0.1, 0.15) is 36.2 Å². The maximum Gasteiger partial charge on any atom is 0.285 e. The van der Waals surface area contributed by atoms with Gasteiger partial charge in [0.05, 0.1) is 10.9 Å². The van der Waals surface area contributed by atoms with Crippen LogP contribution in [0.3, 0.4) is 0 Å². The maximum absolute atomic E-state index is 12.9. The molecule has 1 aliphatic carbocycles. The van der Waals surface area contributed by atoms with E-state index in [1.807, 2.05) is 0 Å². The quantitative estimate of drug-likeness (QED) is 0.925. The smallest absolute Gasteiger partial charge is 0.266 e. The number of carbonyl (C=O) groups excluding carboxylic acids is 1. The van der Waals surface area contributed by atoms with E-state index >= 15 is 0 Å². The molecule has 1 aromatic carbocycles. The molecular formula is C15H16FN3O3S. The molecular weight excluding hydrogens is 321 g/mol. The first-order valence-corrected chi connectivity index (χ1v) is 8.88. The van der Waals surface area contributed by atoms with Crippen LogP contribution in [0.5, 0.6) is 0 Å². The van der Waals surface area contributed by atoms with Crippen LogP contribution in [0.2, 0.25) is 0 Å². The van der Waals surface area contributed by atoms with Gasteiger partial charge in [0, 0.05) is 6.20 Å². The van der Waals surface area contributed by atoms with Gasteiger partial charge in [-0.3, -0.25) is 4.79 Å². The number of halogens is 1. The van der Waals surface area contributed by atoms with Gasteiger partial charge in [0.2, 0.25) is 10.0 Å². The summed E-state index contributed by atoms with van der Waals surface area (Å²) >= 11 is 0. The molecule has 0 saturated heterocycles. The molecule has 8 heteroatoms. The summed E-state index contributed by atoms with van der Waals surface area (Å²) in [5.41, 5.74) is 0.569. The zero-order valence-corrected chi connectivity index (χ0v) is 13.1. The fourth-order valence-corrected chi connectivity index (χ4v) is 4.13. The summed E-state index contributed by atoms with van der Waals surface area (Å²) in [6.07, 6.45) is 4.39. The maximum atomic E-state index is 12.9. The molecule has 0 atom stereocenters. The van der Waals surface area contributed by atoms with Crippen LogP contribution < -0.4 is 4.72 Å². The lowest BCUT2D eigenvalue weighted by molar-refractivity contribution is 0.0976. The molecule has 122 valence electrons. The topological polar surface area (TPSA) is 81.1 Å². The average molecular weight is 337 g/mol. The Balaban J connectivity index is 1.74. The standard InChI is InChI=1S/C15H16FN3O3S/c16-11-5-7-12(8-6-11)19-10-9-14(17-19)15(20)18-23(21,22)13-3-1-2-4-13/h5-10,13H,1-4H2,(H,18,20). The lowest BCUT2D eigenvalue weighted by Crippen LogP contribution is -2.37. The first kappa shape index (κ1) is 15.7. The van der Waals surface area contributed by atoms with Gasteiger partial charge in [0.15, 0.2) is 5.69 Å². The third-order valence-corrected chi connectivity index (χ3v) is 5.71. The predicted octanol–water partition coefficient (Wildman–Crippen LogP) is 2.01. The third-order valence-electron chi connectivity index (χ3n) is 3.89. The molecule has 1 saturated carbocycles. The average Bonchev–Trinajstić information content (AvgIpc) is 3.20. The minimum absolute atomic E-state index is 0.00380. The van der Waals surface area contributed by atoms with Crippen molar-refractivity contribution >= 4 is 15.9 Å². The van der Waals surface area contributed by atoms with Gasteiger partial charge >= 0.3 is 0 Å². The number of aromatic nitrogens is 2. The molecule has 0 spiro atoms. The summed E-state index contributed by atoms with van der Waals surface area (Å²) in [5, 5.41) is 3.53. The Kier molecular flexibility index (Phi) is 4.16. The van der Waals surface area contributed by atoms with Crippen molar-refractivity contribution in [2.45, 2.75) is 30.9 Å². The van der Waals surface area contributed by atoms with Gasteiger partial charge in [-0.1, -0.05) is 12.8 Å². The highest BCUT2D eigenvalue weighted by Gasteiger charge is 2.30. The van der Waals surface area contributed by atoms with Crippen LogP contribution in [0.25, 0.3) is 5.69 Å². The normalized spacial score (nSPS) is 15.7. The Labute approximate surface area is 133 Å². The molecule has 23 heavy (non-hydrogen) atoms. The van der Waals surface area contributed by atoms with Gasteiger partial charge in [-0.15, -0.1) is 0 Å². The number of benzene rings is 1. The van der Waals surface area contributed by atoms with Crippen molar-refractivity contribution < 1.29 is 17.6 Å². The Morgan fingerprint density at radius 2 is 1.83 bits per heavy atom. The monoisotopic (exact) mass is 337 g/mol. The van der Waals surface area contributed by atoms with E-state index < -0.39 is 21.2 Å². The molecule has 0 bridgehead atoms. The molecule has 0 aliphatic heterocycles. The Bertz CT molecular complexity index is 809. The van der Waals surface area contributed by atoms with E-state index in [1.54, 1.807) is 0 Å². The van der Waals surface area contributed by atoms with Crippen molar-refractivity contribution in [3.63, 3.8) is 0 Å². The second kappa shape index (κ2) is 6.11. The highest BCUT2D eigenvalue weighted by atomic mass is 32.2. The number of carbonyl (C=O) groups is 1. The third kappa shape index (κ3) is 3.42. The van der Waals surface area contributed by atoms with Crippen LogP contribution >= 0.6 is 0 Å². The minimum atomic E-state index is -3.67. The van der Waals surface area contributed by atoms with Crippen molar-refractivity contribution in [1.29, 1.82) is 0 Å². The lowest BCUT2D eigenvalue weighted by atomic mass is 10.3. The molecule has 1 fully saturated rings. The first-order chi connectivity index (χ1) is 11.0. The predicted molar refractivity (Wildman–Crippen MR) is 82.2 cm³/mol. The Morgan fingerprint density at radius 1 is 1.17 bits per heavy atom. The molecule has 6 nitrogen and oxygen atoms in total. The highest BCUT2D eigenvalue weighted by molar-refractivity contribution is 7.90. The molecule has 0 radical (unpaired) electrons. The van der Waals surface area contributed by atoms with Crippen molar-refractivity contribution in [3.8, 4) is 5.69 Å². The Hall–Kier alpha value is -2.22. The SMILES string of the molecule is O=C(NS(=O)(=O)C1CCCC1)c1ccn(-c2ccc(F)cc2)n1. The van der Waals surface area contributed by atoms with E-state index in [9.17, 15) is 17.6 Å². The number of nitrogens with zero attached hydrogens (tertiary/aromatic N) is 2. The largest absolute Gasteiger partial charge is 0.285 e. The highest BCUT2D eigenvalue weighted by Crippen LogP contribution is 2.24. The number of nitrogens with one attached hydrogen (secondary N) is 1.